The second-order valence-electron chi connectivity index (χ2n) is 6.09. The van der Waals surface area contributed by atoms with Crippen molar-refractivity contribution in [2.75, 3.05) is 38.3 Å². The van der Waals surface area contributed by atoms with Crippen LogP contribution in [0.25, 0.3) is 10.2 Å². The Bertz CT molecular complexity index is 939. The normalized spacial score (nSPS) is 14.3. The first-order valence-corrected chi connectivity index (χ1v) is 9.56. The van der Waals surface area contributed by atoms with E-state index in [9.17, 15) is 4.79 Å². The third kappa shape index (κ3) is 3.72. The summed E-state index contributed by atoms with van der Waals surface area (Å²) < 4.78 is 11.9. The highest BCUT2D eigenvalue weighted by atomic mass is 32.1. The smallest absolute Gasteiger partial charge is 0.280 e. The van der Waals surface area contributed by atoms with Crippen LogP contribution in [0.3, 0.4) is 0 Å². The Balaban J connectivity index is 1.62. The first-order chi connectivity index (χ1) is 13.3. The van der Waals surface area contributed by atoms with Gasteiger partial charge in [-0.3, -0.25) is 9.78 Å². The van der Waals surface area contributed by atoms with Gasteiger partial charge in [0.1, 0.15) is 11.3 Å². The van der Waals surface area contributed by atoms with Crippen molar-refractivity contribution >= 4 is 33.1 Å². The number of benzene rings is 1. The van der Waals surface area contributed by atoms with Gasteiger partial charge >= 0.3 is 0 Å². The molecule has 3 aromatic rings. The van der Waals surface area contributed by atoms with Crippen molar-refractivity contribution in [3.05, 3.63) is 47.2 Å². The average Bonchev–Trinajstić information content (AvgIpc) is 3.18. The molecule has 27 heavy (non-hydrogen) atoms. The molecule has 1 saturated heterocycles. The quantitative estimate of drug-likeness (QED) is 0.728. The van der Waals surface area contributed by atoms with Gasteiger partial charge < -0.3 is 19.7 Å². The number of nitrogens with one attached hydrogen (secondary N) is 1. The van der Waals surface area contributed by atoms with Crippen molar-refractivity contribution < 1.29 is 14.3 Å². The number of carbonyl (C=O) groups is 1. The monoisotopic (exact) mass is 384 g/mol. The molecule has 3 heterocycles. The number of rotatable bonds is 5. The zero-order valence-electron chi connectivity index (χ0n) is 15.0. The fraction of sp³-hybridized carbons (Fsp3) is 0.316. The van der Waals surface area contributed by atoms with Crippen molar-refractivity contribution in [1.29, 1.82) is 0 Å². The molecule has 2 aromatic heterocycles. The predicted octanol–water partition coefficient (Wildman–Crippen LogP) is 2.47. The third-order valence-electron chi connectivity index (χ3n) is 4.41. The number of fused-ring (bicyclic) bond motifs is 1. The lowest BCUT2D eigenvalue weighted by atomic mass is 10.2. The Hall–Kier alpha value is -2.71. The molecule has 1 aromatic carbocycles. The fourth-order valence-corrected chi connectivity index (χ4v) is 4.07. The van der Waals surface area contributed by atoms with Crippen LogP contribution in [0.2, 0.25) is 0 Å². The number of hydrogen-bond donors (Lipinski definition) is 1. The van der Waals surface area contributed by atoms with Gasteiger partial charge in [0, 0.05) is 19.3 Å². The van der Waals surface area contributed by atoms with Gasteiger partial charge in [-0.25, -0.2) is 4.98 Å². The van der Waals surface area contributed by atoms with Crippen molar-refractivity contribution in [1.82, 2.24) is 15.3 Å². The van der Waals surface area contributed by atoms with Gasteiger partial charge in [0.15, 0.2) is 5.01 Å². The summed E-state index contributed by atoms with van der Waals surface area (Å²) in [7, 11) is 1.61. The van der Waals surface area contributed by atoms with Crippen LogP contribution in [0.4, 0.5) is 5.69 Å². The number of amides is 1. The topological polar surface area (TPSA) is 76.6 Å². The van der Waals surface area contributed by atoms with E-state index in [4.69, 9.17) is 9.47 Å². The van der Waals surface area contributed by atoms with E-state index in [-0.39, 0.29) is 5.91 Å². The van der Waals surface area contributed by atoms with E-state index in [0.29, 0.717) is 30.5 Å². The maximum atomic E-state index is 12.6. The number of carbonyl (C=O) groups excluding carboxylic acids is 1. The number of methoxy groups -OCH3 is 1. The molecule has 0 bridgehead atoms. The van der Waals surface area contributed by atoms with Crippen LogP contribution in [0.5, 0.6) is 5.75 Å². The van der Waals surface area contributed by atoms with Crippen LogP contribution in [-0.2, 0) is 11.3 Å². The SMILES string of the molecule is COc1ccc(N2CCOCC2)c2sc(C(=O)NCc3ccccn3)nc12. The summed E-state index contributed by atoms with van der Waals surface area (Å²) in [5.74, 6) is 0.457. The van der Waals surface area contributed by atoms with Crippen molar-refractivity contribution in [3.63, 3.8) is 0 Å². The van der Waals surface area contributed by atoms with Gasteiger partial charge in [0.2, 0.25) is 0 Å². The first-order valence-electron chi connectivity index (χ1n) is 8.74. The predicted molar refractivity (Wildman–Crippen MR) is 105 cm³/mol. The molecule has 0 atom stereocenters. The number of aromatic nitrogens is 2. The Morgan fingerprint density at radius 3 is 2.89 bits per heavy atom. The molecule has 1 amide bonds. The van der Waals surface area contributed by atoms with E-state index >= 15 is 0 Å². The van der Waals surface area contributed by atoms with E-state index in [2.05, 4.69) is 20.2 Å². The average molecular weight is 384 g/mol. The molecule has 0 aliphatic carbocycles. The number of ether oxygens (including phenoxy) is 2. The molecule has 1 fully saturated rings. The highest BCUT2D eigenvalue weighted by Gasteiger charge is 2.21. The van der Waals surface area contributed by atoms with Gasteiger partial charge in [-0.2, -0.15) is 0 Å². The molecule has 0 radical (unpaired) electrons. The minimum atomic E-state index is -0.211. The maximum absolute atomic E-state index is 12.6. The molecular weight excluding hydrogens is 364 g/mol. The minimum Gasteiger partial charge on any atom is -0.494 e. The second kappa shape index (κ2) is 7.89. The molecular formula is C19H20N4O3S. The highest BCUT2D eigenvalue weighted by molar-refractivity contribution is 7.21. The molecule has 8 heteroatoms. The molecule has 140 valence electrons. The first kappa shape index (κ1) is 17.7. The van der Waals surface area contributed by atoms with Gasteiger partial charge in [0.05, 0.1) is 42.9 Å². The summed E-state index contributed by atoms with van der Waals surface area (Å²) in [4.78, 5) is 23.6. The molecule has 0 unspecified atom stereocenters. The summed E-state index contributed by atoms with van der Waals surface area (Å²) in [6.07, 6.45) is 1.71. The number of morpholine rings is 1. The van der Waals surface area contributed by atoms with Crippen LogP contribution in [0.15, 0.2) is 36.5 Å². The van der Waals surface area contributed by atoms with E-state index in [1.165, 1.54) is 11.3 Å². The van der Waals surface area contributed by atoms with Gasteiger partial charge in [-0.15, -0.1) is 11.3 Å². The molecule has 1 N–H and O–H groups in total. The van der Waals surface area contributed by atoms with E-state index in [0.717, 1.165) is 34.7 Å². The third-order valence-corrected chi connectivity index (χ3v) is 5.48. The summed E-state index contributed by atoms with van der Waals surface area (Å²) >= 11 is 1.38. The van der Waals surface area contributed by atoms with Gasteiger partial charge in [-0.05, 0) is 24.3 Å². The number of thiazole rings is 1. The van der Waals surface area contributed by atoms with E-state index < -0.39 is 0 Å². The van der Waals surface area contributed by atoms with Crippen LogP contribution >= 0.6 is 11.3 Å². The molecule has 1 aliphatic heterocycles. The van der Waals surface area contributed by atoms with Crippen LogP contribution in [0.1, 0.15) is 15.5 Å². The highest BCUT2D eigenvalue weighted by Crippen LogP contribution is 2.37. The number of anilines is 1. The van der Waals surface area contributed by atoms with Gasteiger partial charge in [0.25, 0.3) is 5.91 Å². The summed E-state index contributed by atoms with van der Waals surface area (Å²) in [5.41, 5.74) is 2.59. The van der Waals surface area contributed by atoms with Gasteiger partial charge in [-0.1, -0.05) is 6.07 Å². The molecule has 7 nitrogen and oxygen atoms in total. The Morgan fingerprint density at radius 1 is 1.30 bits per heavy atom. The zero-order valence-corrected chi connectivity index (χ0v) is 15.8. The summed E-state index contributed by atoms with van der Waals surface area (Å²) in [6, 6.07) is 9.55. The summed E-state index contributed by atoms with van der Waals surface area (Å²) in [5, 5.41) is 3.30. The molecule has 1 aliphatic rings. The summed E-state index contributed by atoms with van der Waals surface area (Å²) in [6.45, 7) is 3.40. The molecule has 4 rings (SSSR count). The van der Waals surface area contributed by atoms with Crippen molar-refractivity contribution in [2.45, 2.75) is 6.54 Å². The van der Waals surface area contributed by atoms with Crippen molar-refractivity contribution in [3.8, 4) is 5.75 Å². The lowest BCUT2D eigenvalue weighted by Crippen LogP contribution is -2.36. The Labute approximate surface area is 160 Å². The minimum absolute atomic E-state index is 0.211. The maximum Gasteiger partial charge on any atom is 0.280 e. The van der Waals surface area contributed by atoms with Crippen LogP contribution in [0, 0.1) is 0 Å². The Kier molecular flexibility index (Phi) is 5.17. The second-order valence-corrected chi connectivity index (χ2v) is 7.09. The lowest BCUT2D eigenvalue weighted by Gasteiger charge is -2.29. The lowest BCUT2D eigenvalue weighted by molar-refractivity contribution is 0.0950. The van der Waals surface area contributed by atoms with Crippen LogP contribution < -0.4 is 15.0 Å². The van der Waals surface area contributed by atoms with E-state index in [1.54, 1.807) is 13.3 Å². The molecule has 0 spiro atoms. The zero-order chi connectivity index (χ0) is 18.6. The van der Waals surface area contributed by atoms with Crippen LogP contribution in [-0.4, -0.2) is 49.3 Å². The number of nitrogens with zero attached hydrogens (tertiary/aromatic N) is 3. The standard InChI is InChI=1S/C19H20N4O3S/c1-25-15-6-5-14(23-8-10-26-11-9-23)17-16(15)22-19(27-17)18(24)21-12-13-4-2-3-7-20-13/h2-7H,8-12H2,1H3,(H,21,24). The largest absolute Gasteiger partial charge is 0.494 e. The molecule has 0 saturated carbocycles. The van der Waals surface area contributed by atoms with Crippen molar-refractivity contribution in [2.24, 2.45) is 0 Å². The Morgan fingerprint density at radius 2 is 2.15 bits per heavy atom. The fourth-order valence-electron chi connectivity index (χ4n) is 3.03. The number of pyridine rings is 1. The van der Waals surface area contributed by atoms with E-state index in [1.807, 2.05) is 30.3 Å². The number of hydrogen-bond acceptors (Lipinski definition) is 7.